The molecule has 0 aliphatic carbocycles. The van der Waals surface area contributed by atoms with Gasteiger partial charge in [0.2, 0.25) is 0 Å². The molecule has 5 N–H and O–H groups in total. The van der Waals surface area contributed by atoms with Crippen LogP contribution in [0.25, 0.3) is 0 Å². The zero-order valence-electron chi connectivity index (χ0n) is 20.6. The van der Waals surface area contributed by atoms with Crippen LogP contribution in [0.2, 0.25) is 0 Å². The van der Waals surface area contributed by atoms with Gasteiger partial charge in [0.25, 0.3) is 0 Å². The van der Waals surface area contributed by atoms with Crippen molar-refractivity contribution in [2.45, 2.75) is 70.3 Å². The number of epoxide rings is 1. The lowest BCUT2D eigenvalue weighted by atomic mass is 10.3. The molecule has 1 aliphatic heterocycles. The van der Waals surface area contributed by atoms with E-state index in [-0.39, 0.29) is 0 Å². The molecule has 0 radical (unpaired) electrons. The molecular weight excluding hydrogens is 408 g/mol. The first kappa shape index (κ1) is 29.7. The van der Waals surface area contributed by atoms with E-state index in [4.69, 9.17) is 24.7 Å². The fraction of sp³-hybridized carbons (Fsp3) is 1.00. The molecule has 1 aliphatic rings. The maximum atomic E-state index is 5.68. The average Bonchev–Trinajstić information content (AvgIpc) is 3.63. The number of ether oxygens (including phenoxy) is 4. The molecule has 8 heteroatoms. The standard InChI is InChI=1S/C24H52N4O4/c25-11-1-6-16-29-17-7-2-12-26-13-3-10-20-31-23-28-15-5-9-19-30-18-8-4-14-27-21-24-22-32-24/h24,26-28H,1-23,25H2. The summed E-state index contributed by atoms with van der Waals surface area (Å²) in [5.41, 5.74) is 5.45. The monoisotopic (exact) mass is 460 g/mol. The molecular formula is C24H52N4O4. The summed E-state index contributed by atoms with van der Waals surface area (Å²) in [5, 5.41) is 10.2. The van der Waals surface area contributed by atoms with Gasteiger partial charge in [-0.1, -0.05) is 0 Å². The second kappa shape index (κ2) is 25.3. The van der Waals surface area contributed by atoms with Crippen molar-refractivity contribution in [3.8, 4) is 0 Å². The van der Waals surface area contributed by atoms with E-state index in [1.165, 1.54) is 12.8 Å². The highest BCUT2D eigenvalue weighted by Gasteiger charge is 2.20. The third kappa shape index (κ3) is 24.3. The summed E-state index contributed by atoms with van der Waals surface area (Å²) in [6.45, 7) is 11.8. The highest BCUT2D eigenvalue weighted by atomic mass is 16.6. The van der Waals surface area contributed by atoms with Crippen molar-refractivity contribution in [1.82, 2.24) is 16.0 Å². The Bertz CT molecular complexity index is 363. The van der Waals surface area contributed by atoms with Gasteiger partial charge in [-0.15, -0.1) is 0 Å². The Hall–Kier alpha value is -0.320. The molecule has 8 nitrogen and oxygen atoms in total. The Morgan fingerprint density at radius 3 is 1.59 bits per heavy atom. The van der Waals surface area contributed by atoms with E-state index in [0.717, 1.165) is 130 Å². The molecule has 0 amide bonds. The zero-order chi connectivity index (χ0) is 22.8. The summed E-state index contributed by atoms with van der Waals surface area (Å²) in [6.07, 6.45) is 11.8. The lowest BCUT2D eigenvalue weighted by molar-refractivity contribution is 0.109. The number of hydrogen-bond acceptors (Lipinski definition) is 8. The lowest BCUT2D eigenvalue weighted by Crippen LogP contribution is -2.21. The van der Waals surface area contributed by atoms with Gasteiger partial charge in [0.15, 0.2) is 0 Å². The zero-order valence-corrected chi connectivity index (χ0v) is 20.6. The van der Waals surface area contributed by atoms with Gasteiger partial charge in [0.1, 0.15) is 0 Å². The van der Waals surface area contributed by atoms with E-state index in [9.17, 15) is 0 Å². The minimum absolute atomic E-state index is 0.482. The van der Waals surface area contributed by atoms with Crippen LogP contribution < -0.4 is 21.7 Å². The van der Waals surface area contributed by atoms with Gasteiger partial charge in [0, 0.05) is 39.6 Å². The number of hydrogen-bond donors (Lipinski definition) is 4. The summed E-state index contributed by atoms with van der Waals surface area (Å²) in [6, 6.07) is 0. The topological polar surface area (TPSA) is 102 Å². The predicted octanol–water partition coefficient (Wildman–Crippen LogP) is 2.02. The molecule has 0 spiro atoms. The van der Waals surface area contributed by atoms with Crippen molar-refractivity contribution >= 4 is 0 Å². The van der Waals surface area contributed by atoms with Gasteiger partial charge in [-0.05, 0) is 96.9 Å². The van der Waals surface area contributed by atoms with E-state index < -0.39 is 0 Å². The van der Waals surface area contributed by atoms with Gasteiger partial charge in [-0.2, -0.15) is 0 Å². The van der Waals surface area contributed by atoms with E-state index >= 15 is 0 Å². The first-order valence-electron chi connectivity index (χ1n) is 13.1. The second-order valence-corrected chi connectivity index (χ2v) is 8.51. The third-order valence-corrected chi connectivity index (χ3v) is 5.29. The van der Waals surface area contributed by atoms with Crippen LogP contribution in [0.3, 0.4) is 0 Å². The van der Waals surface area contributed by atoms with Gasteiger partial charge in [-0.3, -0.25) is 5.32 Å². The van der Waals surface area contributed by atoms with E-state index in [1.807, 2.05) is 0 Å². The van der Waals surface area contributed by atoms with Crippen LogP contribution in [-0.2, 0) is 18.9 Å². The number of unbranched alkanes of at least 4 members (excludes halogenated alkanes) is 5. The molecule has 192 valence electrons. The van der Waals surface area contributed by atoms with Crippen molar-refractivity contribution in [3.63, 3.8) is 0 Å². The molecule has 1 rings (SSSR count). The third-order valence-electron chi connectivity index (χ3n) is 5.29. The van der Waals surface area contributed by atoms with Crippen LogP contribution in [0.1, 0.15) is 64.2 Å². The van der Waals surface area contributed by atoms with Crippen molar-refractivity contribution in [1.29, 1.82) is 0 Å². The van der Waals surface area contributed by atoms with Gasteiger partial charge in [-0.25, -0.2) is 0 Å². The summed E-state index contributed by atoms with van der Waals surface area (Å²) in [4.78, 5) is 0. The van der Waals surface area contributed by atoms with Crippen molar-refractivity contribution in [3.05, 3.63) is 0 Å². The van der Waals surface area contributed by atoms with Gasteiger partial charge >= 0.3 is 0 Å². The molecule has 0 saturated carbocycles. The molecule has 32 heavy (non-hydrogen) atoms. The Kier molecular flexibility index (Phi) is 23.5. The van der Waals surface area contributed by atoms with Crippen LogP contribution >= 0.6 is 0 Å². The number of nitrogens with one attached hydrogen (secondary N) is 3. The number of nitrogens with two attached hydrogens (primary N) is 1. The number of rotatable bonds is 28. The Balaban J connectivity index is 1.58. The highest BCUT2D eigenvalue weighted by Crippen LogP contribution is 2.06. The highest BCUT2D eigenvalue weighted by molar-refractivity contribution is 4.71. The Morgan fingerprint density at radius 2 is 1.06 bits per heavy atom. The summed E-state index contributed by atoms with van der Waals surface area (Å²) >= 11 is 0. The summed E-state index contributed by atoms with van der Waals surface area (Å²) < 4.78 is 22.0. The maximum absolute atomic E-state index is 5.68. The van der Waals surface area contributed by atoms with Crippen molar-refractivity contribution in [2.75, 3.05) is 85.6 Å². The lowest BCUT2D eigenvalue weighted by Gasteiger charge is -2.08. The molecule has 1 heterocycles. The largest absolute Gasteiger partial charge is 0.381 e. The van der Waals surface area contributed by atoms with E-state index in [2.05, 4.69) is 16.0 Å². The summed E-state index contributed by atoms with van der Waals surface area (Å²) in [7, 11) is 0. The molecule has 1 saturated heterocycles. The smallest absolute Gasteiger partial charge is 0.0965 e. The van der Waals surface area contributed by atoms with Crippen LogP contribution in [0.4, 0.5) is 0 Å². The summed E-state index contributed by atoms with van der Waals surface area (Å²) in [5.74, 6) is 0. The SMILES string of the molecule is NCCCCOCCCCNCCCCOCNCCCCOCCCCNCC1CO1. The first-order valence-corrected chi connectivity index (χ1v) is 13.1. The van der Waals surface area contributed by atoms with Crippen LogP contribution in [-0.4, -0.2) is 91.7 Å². The maximum Gasteiger partial charge on any atom is 0.0965 e. The molecule has 0 aromatic heterocycles. The molecule has 1 unspecified atom stereocenters. The van der Waals surface area contributed by atoms with Crippen molar-refractivity contribution < 1.29 is 18.9 Å². The average molecular weight is 461 g/mol. The molecule has 0 bridgehead atoms. The minimum Gasteiger partial charge on any atom is -0.381 e. The predicted molar refractivity (Wildman–Crippen MR) is 131 cm³/mol. The molecule has 1 atom stereocenters. The second-order valence-electron chi connectivity index (χ2n) is 8.51. The van der Waals surface area contributed by atoms with Crippen LogP contribution in [0.15, 0.2) is 0 Å². The first-order chi connectivity index (χ1) is 15.9. The minimum atomic E-state index is 0.482. The van der Waals surface area contributed by atoms with Crippen molar-refractivity contribution in [2.24, 2.45) is 5.73 Å². The van der Waals surface area contributed by atoms with Gasteiger partial charge < -0.3 is 35.3 Å². The molecule has 0 aromatic rings. The quantitative estimate of drug-likeness (QED) is 0.0799. The van der Waals surface area contributed by atoms with E-state index in [0.29, 0.717) is 12.8 Å². The van der Waals surface area contributed by atoms with Gasteiger partial charge in [0.05, 0.1) is 19.4 Å². The fourth-order valence-electron chi connectivity index (χ4n) is 3.16. The molecule has 1 fully saturated rings. The fourth-order valence-corrected chi connectivity index (χ4v) is 3.16. The normalized spacial score (nSPS) is 15.5. The molecule has 0 aromatic carbocycles. The van der Waals surface area contributed by atoms with Crippen LogP contribution in [0.5, 0.6) is 0 Å². The van der Waals surface area contributed by atoms with E-state index in [1.54, 1.807) is 0 Å². The Morgan fingerprint density at radius 1 is 0.594 bits per heavy atom. The van der Waals surface area contributed by atoms with Crippen LogP contribution in [0, 0.1) is 0 Å². The Labute approximate surface area is 197 Å².